The van der Waals surface area contributed by atoms with Crippen LogP contribution in [0.5, 0.6) is 0 Å². The molecule has 4 rings (SSSR count). The molecule has 0 saturated heterocycles. The molecule has 3 aromatic heterocycles. The zero-order valence-electron chi connectivity index (χ0n) is 15.0. The van der Waals surface area contributed by atoms with Crippen molar-refractivity contribution in [2.75, 3.05) is 14.1 Å². The molecule has 9 nitrogen and oxygen atoms in total. The van der Waals surface area contributed by atoms with Gasteiger partial charge in [0.2, 0.25) is 10.0 Å². The molecule has 0 aromatic carbocycles. The van der Waals surface area contributed by atoms with E-state index in [2.05, 4.69) is 26.1 Å². The number of aromatic nitrogens is 5. The van der Waals surface area contributed by atoms with Crippen LogP contribution in [0.2, 0.25) is 0 Å². The number of aromatic amines is 1. The molecule has 3 aromatic rings. The Hall–Kier alpha value is -2.77. The zero-order valence-corrected chi connectivity index (χ0v) is 15.8. The summed E-state index contributed by atoms with van der Waals surface area (Å²) in [6.07, 6.45) is 7.76. The van der Waals surface area contributed by atoms with Crippen molar-refractivity contribution in [2.24, 2.45) is 0 Å². The molecule has 0 unspecified atom stereocenters. The van der Waals surface area contributed by atoms with Crippen molar-refractivity contribution in [3.8, 4) is 17.3 Å². The standard InChI is InChI=1S/C17H19N7O2S/c1-23(2)27(25,26)13-7-17(8-13,4-5-18)24-10-12(9-22-24)15-14-3-6-19-16(14)21-11-20-15/h3,6,9-11,13H,4,7-8H2,1-2H3,(H,19,20,21)/t13-,17+. The van der Waals surface area contributed by atoms with Crippen molar-refractivity contribution in [3.05, 3.63) is 31.0 Å². The SMILES string of the molecule is CN(C)S(=O)(=O)[C@H]1C[C@@](CC#N)(n2cc(-c3ncnc4[nH]ccc34)cn2)C1. The Bertz CT molecular complexity index is 1130. The van der Waals surface area contributed by atoms with E-state index < -0.39 is 20.8 Å². The Balaban J connectivity index is 1.67. The smallest absolute Gasteiger partial charge is 0.216 e. The summed E-state index contributed by atoms with van der Waals surface area (Å²) in [6, 6.07) is 4.08. The third-order valence-corrected chi connectivity index (χ3v) is 7.44. The molecule has 0 atom stereocenters. The maximum atomic E-state index is 12.4. The highest BCUT2D eigenvalue weighted by atomic mass is 32.2. The molecular formula is C17H19N7O2S. The Labute approximate surface area is 156 Å². The quantitative estimate of drug-likeness (QED) is 0.710. The van der Waals surface area contributed by atoms with Gasteiger partial charge in [-0.3, -0.25) is 4.68 Å². The minimum Gasteiger partial charge on any atom is -0.346 e. The van der Waals surface area contributed by atoms with E-state index in [9.17, 15) is 13.7 Å². The Morgan fingerprint density at radius 1 is 1.41 bits per heavy atom. The number of fused-ring (bicyclic) bond motifs is 1. The highest BCUT2D eigenvalue weighted by Gasteiger charge is 2.52. The van der Waals surface area contributed by atoms with Crippen LogP contribution in [0.3, 0.4) is 0 Å². The van der Waals surface area contributed by atoms with Gasteiger partial charge < -0.3 is 4.98 Å². The van der Waals surface area contributed by atoms with Crippen molar-refractivity contribution in [3.63, 3.8) is 0 Å². The fourth-order valence-electron chi connectivity index (χ4n) is 3.66. The number of nitrogens with one attached hydrogen (secondary N) is 1. The second-order valence-electron chi connectivity index (χ2n) is 7.05. The van der Waals surface area contributed by atoms with Crippen LogP contribution in [-0.2, 0) is 15.6 Å². The molecule has 140 valence electrons. The summed E-state index contributed by atoms with van der Waals surface area (Å²) in [5.41, 5.74) is 1.68. The van der Waals surface area contributed by atoms with Gasteiger partial charge in [0.25, 0.3) is 0 Å². The first-order valence-electron chi connectivity index (χ1n) is 8.49. The largest absolute Gasteiger partial charge is 0.346 e. The number of sulfonamides is 1. The molecule has 0 radical (unpaired) electrons. The maximum Gasteiger partial charge on any atom is 0.216 e. The number of nitrogens with zero attached hydrogens (tertiary/aromatic N) is 6. The van der Waals surface area contributed by atoms with Crippen LogP contribution < -0.4 is 0 Å². The number of hydrogen-bond donors (Lipinski definition) is 1. The summed E-state index contributed by atoms with van der Waals surface area (Å²) in [7, 11) is -0.285. The lowest BCUT2D eigenvalue weighted by Gasteiger charge is -2.46. The Morgan fingerprint density at radius 2 is 2.19 bits per heavy atom. The molecule has 3 heterocycles. The Morgan fingerprint density at radius 3 is 2.89 bits per heavy atom. The predicted molar refractivity (Wildman–Crippen MR) is 98.9 cm³/mol. The fraction of sp³-hybridized carbons (Fsp3) is 0.412. The molecule has 27 heavy (non-hydrogen) atoms. The van der Waals surface area contributed by atoms with E-state index >= 15 is 0 Å². The summed E-state index contributed by atoms with van der Waals surface area (Å²) in [6.45, 7) is 0. The lowest BCUT2D eigenvalue weighted by Crippen LogP contribution is -2.54. The van der Waals surface area contributed by atoms with Gasteiger partial charge in [-0.05, 0) is 18.9 Å². The fourth-order valence-corrected chi connectivity index (χ4v) is 5.30. The average Bonchev–Trinajstić information content (AvgIpc) is 3.26. The first-order valence-corrected chi connectivity index (χ1v) is 10.00. The van der Waals surface area contributed by atoms with Crippen LogP contribution >= 0.6 is 0 Å². The minimum atomic E-state index is -3.35. The molecule has 0 spiro atoms. The molecule has 10 heteroatoms. The summed E-state index contributed by atoms with van der Waals surface area (Å²) in [5, 5.41) is 14.1. The van der Waals surface area contributed by atoms with E-state index in [1.807, 2.05) is 12.3 Å². The van der Waals surface area contributed by atoms with Crippen molar-refractivity contribution >= 4 is 21.1 Å². The van der Waals surface area contributed by atoms with Gasteiger partial charge in [-0.1, -0.05) is 0 Å². The van der Waals surface area contributed by atoms with Crippen molar-refractivity contribution in [1.82, 2.24) is 29.0 Å². The molecular weight excluding hydrogens is 366 g/mol. The summed E-state index contributed by atoms with van der Waals surface area (Å²) in [4.78, 5) is 11.6. The van der Waals surface area contributed by atoms with Crippen LogP contribution in [0.15, 0.2) is 31.0 Å². The number of nitriles is 1. The van der Waals surface area contributed by atoms with Gasteiger partial charge >= 0.3 is 0 Å². The van der Waals surface area contributed by atoms with Crippen molar-refractivity contribution in [1.29, 1.82) is 5.26 Å². The van der Waals surface area contributed by atoms with Crippen molar-refractivity contribution in [2.45, 2.75) is 30.1 Å². The van der Waals surface area contributed by atoms with Gasteiger partial charge in [0.1, 0.15) is 12.0 Å². The molecule has 0 bridgehead atoms. The third-order valence-electron chi connectivity index (χ3n) is 5.25. The van der Waals surface area contributed by atoms with Crippen LogP contribution in [0.25, 0.3) is 22.3 Å². The van der Waals surface area contributed by atoms with Gasteiger partial charge in [0.15, 0.2) is 0 Å². The van der Waals surface area contributed by atoms with Gasteiger partial charge in [-0.25, -0.2) is 22.7 Å². The van der Waals surface area contributed by atoms with Gasteiger partial charge in [0, 0.05) is 37.4 Å². The first kappa shape index (κ1) is 17.6. The second-order valence-corrected chi connectivity index (χ2v) is 9.48. The first-order chi connectivity index (χ1) is 12.9. The molecule has 1 fully saturated rings. The topological polar surface area (TPSA) is 121 Å². The number of hydrogen-bond acceptors (Lipinski definition) is 6. The van der Waals surface area contributed by atoms with Gasteiger partial charge in [0.05, 0.1) is 35.2 Å². The van der Waals surface area contributed by atoms with E-state index in [4.69, 9.17) is 0 Å². The van der Waals surface area contributed by atoms with Crippen molar-refractivity contribution < 1.29 is 8.42 Å². The van der Waals surface area contributed by atoms with Gasteiger partial charge in [-0.2, -0.15) is 10.4 Å². The molecule has 0 amide bonds. The molecule has 1 N–H and O–H groups in total. The van der Waals surface area contributed by atoms with Gasteiger partial charge in [-0.15, -0.1) is 0 Å². The predicted octanol–water partition coefficient (Wildman–Crippen LogP) is 1.48. The highest BCUT2D eigenvalue weighted by Crippen LogP contribution is 2.46. The summed E-state index contributed by atoms with van der Waals surface area (Å²) in [5.74, 6) is 0. The van der Waals surface area contributed by atoms with Crippen LogP contribution in [-0.4, -0.2) is 56.8 Å². The molecule has 1 aliphatic rings. The highest BCUT2D eigenvalue weighted by molar-refractivity contribution is 7.89. The van der Waals surface area contributed by atoms with Crippen LogP contribution in [0, 0.1) is 11.3 Å². The number of H-pyrrole nitrogens is 1. The number of rotatable bonds is 5. The normalized spacial score (nSPS) is 22.7. The van der Waals surface area contributed by atoms with E-state index in [1.165, 1.54) is 24.7 Å². The van der Waals surface area contributed by atoms with E-state index in [0.717, 1.165) is 22.3 Å². The minimum absolute atomic E-state index is 0.205. The lowest BCUT2D eigenvalue weighted by molar-refractivity contribution is 0.131. The van der Waals surface area contributed by atoms with E-state index in [-0.39, 0.29) is 6.42 Å². The zero-order chi connectivity index (χ0) is 19.2. The van der Waals surface area contributed by atoms with E-state index in [0.29, 0.717) is 12.8 Å². The molecule has 1 saturated carbocycles. The molecule has 1 aliphatic carbocycles. The maximum absolute atomic E-state index is 12.4. The lowest BCUT2D eigenvalue weighted by atomic mass is 9.74. The Kier molecular flexibility index (Phi) is 4.01. The average molecular weight is 385 g/mol. The van der Waals surface area contributed by atoms with Crippen LogP contribution in [0.1, 0.15) is 19.3 Å². The molecule has 0 aliphatic heterocycles. The van der Waals surface area contributed by atoms with Crippen LogP contribution in [0.4, 0.5) is 0 Å². The monoisotopic (exact) mass is 385 g/mol. The van der Waals surface area contributed by atoms with E-state index in [1.54, 1.807) is 17.1 Å². The third kappa shape index (κ3) is 2.70. The summed E-state index contributed by atoms with van der Waals surface area (Å²) < 4.78 is 27.7. The summed E-state index contributed by atoms with van der Waals surface area (Å²) >= 11 is 0. The second kappa shape index (κ2) is 6.14.